The highest BCUT2D eigenvalue weighted by molar-refractivity contribution is 5.72. The van der Waals surface area contributed by atoms with E-state index >= 15 is 0 Å². The number of carbonyl (C=O) groups excluding carboxylic acids is 1. The normalized spacial score (nSPS) is 29.6. The van der Waals surface area contributed by atoms with E-state index in [4.69, 9.17) is 9.47 Å². The van der Waals surface area contributed by atoms with E-state index in [1.54, 1.807) is 0 Å². The monoisotopic (exact) mass is 283 g/mol. The zero-order valence-electron chi connectivity index (χ0n) is 13.1. The molecule has 0 N–H and O–H groups in total. The van der Waals surface area contributed by atoms with E-state index < -0.39 is 0 Å². The van der Waals surface area contributed by atoms with Crippen LogP contribution in [0.3, 0.4) is 0 Å². The molecule has 20 heavy (non-hydrogen) atoms. The smallest absolute Gasteiger partial charge is 0.308 e. The molecule has 0 aromatic rings. The van der Waals surface area contributed by atoms with Crippen molar-refractivity contribution in [3.8, 4) is 0 Å². The Labute approximate surface area is 122 Å². The average Bonchev–Trinajstić information content (AvgIpc) is 2.98. The van der Waals surface area contributed by atoms with Crippen LogP contribution in [0.15, 0.2) is 0 Å². The molecule has 0 bridgehead atoms. The Hall–Kier alpha value is -0.610. The zero-order chi connectivity index (χ0) is 14.5. The van der Waals surface area contributed by atoms with Gasteiger partial charge >= 0.3 is 5.97 Å². The summed E-state index contributed by atoms with van der Waals surface area (Å²) in [6, 6.07) is 0. The molecule has 2 rings (SSSR count). The fraction of sp³-hybridized carbons (Fsp3) is 0.938. The molecular formula is C16H29NO3. The minimum absolute atomic E-state index is 0.0524. The molecule has 4 nitrogen and oxygen atoms in total. The number of hydrogen-bond donors (Lipinski definition) is 0. The van der Waals surface area contributed by atoms with Crippen molar-refractivity contribution < 1.29 is 14.3 Å². The van der Waals surface area contributed by atoms with Crippen LogP contribution >= 0.6 is 0 Å². The standard InChI is InChI=1S/C16H29NO3/c1-12(2)15(17-10-4-5-11-17)20-14-8-6-13(7-9-14)16(18)19-3/h12-15H,4-11H2,1-3H3. The minimum Gasteiger partial charge on any atom is -0.469 e. The highest BCUT2D eigenvalue weighted by Crippen LogP contribution is 2.30. The van der Waals surface area contributed by atoms with Crippen LogP contribution in [0.25, 0.3) is 0 Å². The molecule has 0 radical (unpaired) electrons. The summed E-state index contributed by atoms with van der Waals surface area (Å²) in [5.74, 6) is 0.555. The van der Waals surface area contributed by atoms with Crippen LogP contribution in [0.1, 0.15) is 52.4 Å². The second-order valence-corrected chi connectivity index (χ2v) is 6.51. The summed E-state index contributed by atoms with van der Waals surface area (Å²) in [5, 5.41) is 0. The van der Waals surface area contributed by atoms with Gasteiger partial charge in [0.15, 0.2) is 0 Å². The SMILES string of the molecule is COC(=O)C1CCC(OC(C(C)C)N2CCCC2)CC1. The zero-order valence-corrected chi connectivity index (χ0v) is 13.1. The fourth-order valence-corrected chi connectivity index (χ4v) is 3.46. The summed E-state index contributed by atoms with van der Waals surface area (Å²) in [4.78, 5) is 14.0. The molecule has 116 valence electrons. The second-order valence-electron chi connectivity index (χ2n) is 6.51. The van der Waals surface area contributed by atoms with Crippen molar-refractivity contribution in [2.75, 3.05) is 20.2 Å². The van der Waals surface area contributed by atoms with Gasteiger partial charge in [-0.05, 0) is 44.4 Å². The first-order valence-electron chi connectivity index (χ1n) is 8.09. The highest BCUT2D eigenvalue weighted by Gasteiger charge is 2.32. The van der Waals surface area contributed by atoms with Gasteiger partial charge in [-0.1, -0.05) is 13.8 Å². The van der Waals surface area contributed by atoms with Gasteiger partial charge in [0, 0.05) is 13.1 Å². The lowest BCUT2D eigenvalue weighted by Gasteiger charge is -2.36. The van der Waals surface area contributed by atoms with E-state index in [0.717, 1.165) is 25.7 Å². The Bertz CT molecular complexity index is 305. The summed E-state index contributed by atoms with van der Waals surface area (Å²) in [5.41, 5.74) is 0. The molecule has 1 unspecified atom stereocenters. The molecule has 1 saturated heterocycles. The number of hydrogen-bond acceptors (Lipinski definition) is 4. The van der Waals surface area contributed by atoms with E-state index in [1.807, 2.05) is 0 Å². The summed E-state index contributed by atoms with van der Waals surface area (Å²) < 4.78 is 11.2. The Morgan fingerprint density at radius 3 is 2.20 bits per heavy atom. The van der Waals surface area contributed by atoms with E-state index in [-0.39, 0.29) is 18.1 Å². The van der Waals surface area contributed by atoms with Crippen LogP contribution in [0.2, 0.25) is 0 Å². The van der Waals surface area contributed by atoms with Crippen LogP contribution in [0.5, 0.6) is 0 Å². The molecule has 1 saturated carbocycles. The predicted molar refractivity (Wildman–Crippen MR) is 78.3 cm³/mol. The van der Waals surface area contributed by atoms with E-state index in [0.29, 0.717) is 12.0 Å². The number of esters is 1. The molecule has 0 spiro atoms. The van der Waals surface area contributed by atoms with Crippen molar-refractivity contribution in [1.82, 2.24) is 4.90 Å². The van der Waals surface area contributed by atoms with Crippen molar-refractivity contribution in [2.24, 2.45) is 11.8 Å². The van der Waals surface area contributed by atoms with Gasteiger partial charge in [0.05, 0.1) is 19.1 Å². The van der Waals surface area contributed by atoms with Crippen LogP contribution in [0.4, 0.5) is 0 Å². The van der Waals surface area contributed by atoms with Gasteiger partial charge in [0.1, 0.15) is 6.23 Å². The van der Waals surface area contributed by atoms with Gasteiger partial charge in [0.25, 0.3) is 0 Å². The molecule has 4 heteroatoms. The topological polar surface area (TPSA) is 38.8 Å². The molecule has 0 aromatic carbocycles. The van der Waals surface area contributed by atoms with Crippen molar-refractivity contribution in [3.63, 3.8) is 0 Å². The summed E-state index contributed by atoms with van der Waals surface area (Å²) in [6.07, 6.45) is 6.92. The lowest BCUT2D eigenvalue weighted by atomic mass is 9.87. The minimum atomic E-state index is -0.0524. The third-order valence-corrected chi connectivity index (χ3v) is 4.61. The van der Waals surface area contributed by atoms with E-state index in [9.17, 15) is 4.79 Å². The lowest BCUT2D eigenvalue weighted by Crippen LogP contribution is -2.42. The lowest BCUT2D eigenvalue weighted by molar-refractivity contribution is -0.151. The van der Waals surface area contributed by atoms with Crippen molar-refractivity contribution in [1.29, 1.82) is 0 Å². The molecule has 1 aliphatic carbocycles. The number of nitrogens with zero attached hydrogens (tertiary/aromatic N) is 1. The fourth-order valence-electron chi connectivity index (χ4n) is 3.46. The number of ether oxygens (including phenoxy) is 2. The Morgan fingerprint density at radius 2 is 1.70 bits per heavy atom. The Kier molecular flexibility index (Phi) is 5.85. The first-order chi connectivity index (χ1) is 9.61. The molecular weight excluding hydrogens is 254 g/mol. The highest BCUT2D eigenvalue weighted by atomic mass is 16.5. The van der Waals surface area contributed by atoms with E-state index in [2.05, 4.69) is 18.7 Å². The largest absolute Gasteiger partial charge is 0.469 e. The molecule has 2 aliphatic rings. The molecule has 1 atom stereocenters. The van der Waals surface area contributed by atoms with Gasteiger partial charge < -0.3 is 9.47 Å². The number of likely N-dealkylation sites (tertiary alicyclic amines) is 1. The number of rotatable bonds is 5. The third-order valence-electron chi connectivity index (χ3n) is 4.61. The van der Waals surface area contributed by atoms with Crippen LogP contribution < -0.4 is 0 Å². The van der Waals surface area contributed by atoms with E-state index in [1.165, 1.54) is 33.0 Å². The van der Waals surface area contributed by atoms with Gasteiger partial charge in [-0.2, -0.15) is 0 Å². The van der Waals surface area contributed by atoms with Crippen LogP contribution in [0, 0.1) is 11.8 Å². The van der Waals surface area contributed by atoms with Gasteiger partial charge in [-0.25, -0.2) is 0 Å². The van der Waals surface area contributed by atoms with Gasteiger partial charge in [-0.15, -0.1) is 0 Å². The molecule has 2 fully saturated rings. The summed E-state index contributed by atoms with van der Waals surface area (Å²) >= 11 is 0. The van der Waals surface area contributed by atoms with Crippen molar-refractivity contribution >= 4 is 5.97 Å². The van der Waals surface area contributed by atoms with Crippen molar-refractivity contribution in [3.05, 3.63) is 0 Å². The predicted octanol–water partition coefficient (Wildman–Crippen LogP) is 2.81. The summed E-state index contributed by atoms with van der Waals surface area (Å²) in [7, 11) is 1.48. The third kappa shape index (κ3) is 3.95. The Balaban J connectivity index is 1.82. The van der Waals surface area contributed by atoms with Crippen LogP contribution in [-0.2, 0) is 14.3 Å². The molecule has 0 aromatic heterocycles. The Morgan fingerprint density at radius 1 is 1.10 bits per heavy atom. The van der Waals surface area contributed by atoms with Crippen molar-refractivity contribution in [2.45, 2.75) is 64.7 Å². The van der Waals surface area contributed by atoms with Gasteiger partial charge in [-0.3, -0.25) is 9.69 Å². The molecule has 1 heterocycles. The number of methoxy groups -OCH3 is 1. The molecule has 0 amide bonds. The second kappa shape index (κ2) is 7.41. The maximum Gasteiger partial charge on any atom is 0.308 e. The molecule has 1 aliphatic heterocycles. The maximum atomic E-state index is 11.5. The average molecular weight is 283 g/mol. The first kappa shape index (κ1) is 15.8. The maximum absolute atomic E-state index is 11.5. The van der Waals surface area contributed by atoms with Crippen LogP contribution in [-0.4, -0.2) is 43.4 Å². The first-order valence-corrected chi connectivity index (χ1v) is 8.09. The quantitative estimate of drug-likeness (QED) is 0.727. The summed E-state index contributed by atoms with van der Waals surface area (Å²) in [6.45, 7) is 6.81. The van der Waals surface area contributed by atoms with Gasteiger partial charge in [0.2, 0.25) is 0 Å². The number of carbonyl (C=O) groups is 1.